The van der Waals surface area contributed by atoms with Gasteiger partial charge in [-0.15, -0.1) is 0 Å². The summed E-state index contributed by atoms with van der Waals surface area (Å²) in [6.07, 6.45) is 5.95. The summed E-state index contributed by atoms with van der Waals surface area (Å²) in [6.45, 7) is 5.32. The van der Waals surface area contributed by atoms with E-state index in [0.717, 1.165) is 36.0 Å². The average molecular weight is 431 g/mol. The highest BCUT2D eigenvalue weighted by Crippen LogP contribution is 2.28. The van der Waals surface area contributed by atoms with E-state index in [1.807, 2.05) is 38.1 Å². The molecule has 0 aromatic heterocycles. The van der Waals surface area contributed by atoms with Crippen LogP contribution in [0.3, 0.4) is 0 Å². The summed E-state index contributed by atoms with van der Waals surface area (Å²) in [4.78, 5) is 12.9. The van der Waals surface area contributed by atoms with Gasteiger partial charge in [-0.2, -0.15) is 0 Å². The number of hydrogen-bond acceptors (Lipinski definition) is 4. The van der Waals surface area contributed by atoms with Gasteiger partial charge in [0.05, 0.1) is 18.0 Å². The second-order valence-corrected chi connectivity index (χ2v) is 9.92. The molecule has 7 heteroatoms. The molecule has 0 bridgehead atoms. The van der Waals surface area contributed by atoms with Gasteiger partial charge in [-0.1, -0.05) is 12.1 Å². The number of aryl methyl sites for hydroxylation is 2. The third-order valence-electron chi connectivity index (χ3n) is 5.42. The van der Waals surface area contributed by atoms with Gasteiger partial charge in [-0.05, 0) is 87.9 Å². The molecule has 1 amide bonds. The van der Waals surface area contributed by atoms with Crippen LogP contribution in [-0.4, -0.2) is 32.7 Å². The smallest absolute Gasteiger partial charge is 0.247 e. The van der Waals surface area contributed by atoms with Gasteiger partial charge >= 0.3 is 0 Å². The first kappa shape index (κ1) is 22.2. The molecule has 1 saturated carbocycles. The van der Waals surface area contributed by atoms with Crippen molar-refractivity contribution in [3.63, 3.8) is 0 Å². The van der Waals surface area contributed by atoms with E-state index in [1.54, 1.807) is 25.1 Å². The molecule has 1 aliphatic rings. The van der Waals surface area contributed by atoms with Crippen LogP contribution in [0, 0.1) is 13.8 Å². The lowest BCUT2D eigenvalue weighted by molar-refractivity contribution is -0.116. The van der Waals surface area contributed by atoms with Crippen LogP contribution in [0.15, 0.2) is 42.5 Å². The molecule has 0 unspecified atom stereocenters. The summed E-state index contributed by atoms with van der Waals surface area (Å²) in [6, 6.07) is 11.9. The Hall–Kier alpha value is -2.54. The summed E-state index contributed by atoms with van der Waals surface area (Å²) in [5.41, 5.74) is 2.83. The molecule has 0 heterocycles. The predicted octanol–water partition coefficient (Wildman–Crippen LogP) is 4.42. The maximum atomic E-state index is 12.9. The predicted molar refractivity (Wildman–Crippen MR) is 121 cm³/mol. The van der Waals surface area contributed by atoms with Crippen LogP contribution in [0.5, 0.6) is 5.75 Å². The zero-order valence-electron chi connectivity index (χ0n) is 18.0. The molecule has 3 rings (SSSR count). The van der Waals surface area contributed by atoms with Crippen molar-refractivity contribution in [2.75, 3.05) is 15.9 Å². The normalized spacial score (nSPS) is 15.6. The molecule has 0 spiro atoms. The van der Waals surface area contributed by atoms with Gasteiger partial charge in [-0.25, -0.2) is 8.42 Å². The minimum Gasteiger partial charge on any atom is -0.490 e. The number of nitrogens with one attached hydrogen (secondary N) is 1. The molecule has 30 heavy (non-hydrogen) atoms. The third-order valence-corrected chi connectivity index (χ3v) is 6.64. The molecule has 0 radical (unpaired) electrons. The van der Waals surface area contributed by atoms with Gasteiger partial charge in [-0.3, -0.25) is 9.10 Å². The Morgan fingerprint density at radius 3 is 2.33 bits per heavy atom. The van der Waals surface area contributed by atoms with Crippen molar-refractivity contribution in [2.45, 2.75) is 58.6 Å². The molecular formula is C23H30N2O4S. The molecule has 2 aromatic carbocycles. The molecule has 1 aliphatic carbocycles. The number of benzene rings is 2. The van der Waals surface area contributed by atoms with Crippen molar-refractivity contribution in [3.05, 3.63) is 53.6 Å². The van der Waals surface area contributed by atoms with E-state index in [4.69, 9.17) is 4.74 Å². The van der Waals surface area contributed by atoms with E-state index in [-0.39, 0.29) is 6.10 Å². The van der Waals surface area contributed by atoms with Crippen molar-refractivity contribution >= 4 is 27.3 Å². The molecule has 0 aliphatic heterocycles. The Labute approximate surface area is 179 Å². The minimum absolute atomic E-state index is 0.270. The topological polar surface area (TPSA) is 75.7 Å². The number of ether oxygens (including phenoxy) is 1. The van der Waals surface area contributed by atoms with Crippen molar-refractivity contribution in [3.8, 4) is 5.75 Å². The highest BCUT2D eigenvalue weighted by atomic mass is 32.2. The number of anilines is 2. The van der Waals surface area contributed by atoms with Gasteiger partial charge in [0.15, 0.2) is 0 Å². The number of rotatable bonds is 7. The van der Waals surface area contributed by atoms with Gasteiger partial charge in [0.25, 0.3) is 0 Å². The number of sulfonamides is 1. The number of nitrogens with zero attached hydrogens (tertiary/aromatic N) is 1. The van der Waals surface area contributed by atoms with E-state index in [9.17, 15) is 13.2 Å². The van der Waals surface area contributed by atoms with Crippen molar-refractivity contribution < 1.29 is 17.9 Å². The summed E-state index contributed by atoms with van der Waals surface area (Å²) in [5, 5.41) is 2.82. The summed E-state index contributed by atoms with van der Waals surface area (Å²) in [7, 11) is -3.66. The Bertz CT molecular complexity index is 996. The zero-order valence-corrected chi connectivity index (χ0v) is 18.8. The number of hydrogen-bond donors (Lipinski definition) is 1. The SMILES string of the molecule is Cc1ccc(C)c(N([C@@H](C)C(=O)Nc2ccc(OC3CCCC3)cc2)S(C)(=O)=O)c1. The van der Waals surface area contributed by atoms with Crippen LogP contribution in [0.1, 0.15) is 43.7 Å². The second kappa shape index (κ2) is 9.08. The van der Waals surface area contributed by atoms with Crippen molar-refractivity contribution in [1.29, 1.82) is 0 Å². The lowest BCUT2D eigenvalue weighted by Gasteiger charge is -2.29. The Balaban J connectivity index is 1.74. The first-order valence-electron chi connectivity index (χ1n) is 10.3. The Morgan fingerprint density at radius 2 is 1.73 bits per heavy atom. The molecule has 0 saturated heterocycles. The van der Waals surface area contributed by atoms with Crippen LogP contribution < -0.4 is 14.4 Å². The maximum absolute atomic E-state index is 12.9. The number of carbonyl (C=O) groups is 1. The second-order valence-electron chi connectivity index (χ2n) is 8.06. The summed E-state index contributed by atoms with van der Waals surface area (Å²) < 4.78 is 32.2. The lowest BCUT2D eigenvalue weighted by Crippen LogP contribution is -2.45. The van der Waals surface area contributed by atoms with Crippen LogP contribution >= 0.6 is 0 Å². The van der Waals surface area contributed by atoms with E-state index < -0.39 is 22.0 Å². The van der Waals surface area contributed by atoms with E-state index >= 15 is 0 Å². The van der Waals surface area contributed by atoms with Gasteiger partial charge in [0, 0.05) is 5.69 Å². The van der Waals surface area contributed by atoms with Crippen LogP contribution in [0.4, 0.5) is 11.4 Å². The fourth-order valence-electron chi connectivity index (χ4n) is 3.80. The quantitative estimate of drug-likeness (QED) is 0.706. The Morgan fingerprint density at radius 1 is 1.10 bits per heavy atom. The van der Waals surface area contributed by atoms with Gasteiger partial charge in [0.2, 0.25) is 15.9 Å². The van der Waals surface area contributed by atoms with E-state index in [1.165, 1.54) is 17.1 Å². The third kappa shape index (κ3) is 5.33. The molecule has 6 nitrogen and oxygen atoms in total. The minimum atomic E-state index is -3.66. The molecule has 1 atom stereocenters. The van der Waals surface area contributed by atoms with E-state index in [2.05, 4.69) is 5.32 Å². The summed E-state index contributed by atoms with van der Waals surface area (Å²) in [5.74, 6) is 0.381. The zero-order chi connectivity index (χ0) is 21.9. The summed E-state index contributed by atoms with van der Waals surface area (Å²) >= 11 is 0. The molecule has 1 N–H and O–H groups in total. The molecule has 1 fully saturated rings. The fraction of sp³-hybridized carbons (Fsp3) is 0.435. The monoisotopic (exact) mass is 430 g/mol. The maximum Gasteiger partial charge on any atom is 0.247 e. The van der Waals surface area contributed by atoms with E-state index in [0.29, 0.717) is 11.4 Å². The standard InChI is InChI=1S/C23H30N2O4S/c1-16-9-10-17(2)22(15-16)25(30(4,27)28)18(3)23(26)24-19-11-13-21(14-12-19)29-20-7-5-6-8-20/h9-15,18,20H,5-8H2,1-4H3,(H,24,26)/t18-/m0/s1. The average Bonchev–Trinajstić information content (AvgIpc) is 3.18. The van der Waals surface area contributed by atoms with Crippen LogP contribution in [0.2, 0.25) is 0 Å². The highest BCUT2D eigenvalue weighted by molar-refractivity contribution is 7.92. The fourth-order valence-corrected chi connectivity index (χ4v) is 5.02. The van der Waals surface area contributed by atoms with Crippen molar-refractivity contribution in [1.82, 2.24) is 0 Å². The first-order valence-corrected chi connectivity index (χ1v) is 12.1. The molecule has 2 aromatic rings. The number of carbonyl (C=O) groups excluding carboxylic acids is 1. The van der Waals surface area contributed by atoms with Gasteiger partial charge < -0.3 is 10.1 Å². The lowest BCUT2D eigenvalue weighted by atomic mass is 10.1. The molecular weight excluding hydrogens is 400 g/mol. The first-order chi connectivity index (χ1) is 14.1. The van der Waals surface area contributed by atoms with Gasteiger partial charge in [0.1, 0.15) is 11.8 Å². The van der Waals surface area contributed by atoms with Crippen LogP contribution in [-0.2, 0) is 14.8 Å². The number of amides is 1. The van der Waals surface area contributed by atoms with Crippen molar-refractivity contribution in [2.24, 2.45) is 0 Å². The highest BCUT2D eigenvalue weighted by Gasteiger charge is 2.30. The Kier molecular flexibility index (Phi) is 6.71. The largest absolute Gasteiger partial charge is 0.490 e. The molecule has 162 valence electrons. The van der Waals surface area contributed by atoms with Crippen LogP contribution in [0.25, 0.3) is 0 Å².